The van der Waals surface area contributed by atoms with Gasteiger partial charge in [0.05, 0.1) is 5.69 Å². The van der Waals surface area contributed by atoms with Crippen LogP contribution in [-0.4, -0.2) is 21.9 Å². The number of hydrogen-bond acceptors (Lipinski definition) is 3. The number of benzene rings is 2. The van der Waals surface area contributed by atoms with Crippen LogP contribution in [0.4, 0.5) is 16.3 Å². The summed E-state index contributed by atoms with van der Waals surface area (Å²) in [4.78, 5) is 12.4. The van der Waals surface area contributed by atoms with E-state index in [0.29, 0.717) is 22.2 Å². The number of nitrogens with two attached hydrogens (primary N) is 1. The van der Waals surface area contributed by atoms with Crippen LogP contribution >= 0.6 is 11.6 Å². The van der Waals surface area contributed by atoms with Gasteiger partial charge in [-0.05, 0) is 37.6 Å². The molecule has 1 heterocycles. The molecule has 1 atom stereocenters. The van der Waals surface area contributed by atoms with Crippen molar-refractivity contribution in [3.05, 3.63) is 59.6 Å². The van der Waals surface area contributed by atoms with Crippen molar-refractivity contribution in [2.45, 2.75) is 26.3 Å². The van der Waals surface area contributed by atoms with E-state index in [-0.39, 0.29) is 12.1 Å². The molecule has 0 aliphatic heterocycles. The van der Waals surface area contributed by atoms with Crippen LogP contribution in [0.15, 0.2) is 54.6 Å². The highest BCUT2D eigenvalue weighted by Gasteiger charge is 2.20. The van der Waals surface area contributed by atoms with E-state index in [1.165, 1.54) is 0 Å². The number of nitrogens with one attached hydrogen (secondary N) is 2. The number of aromatic nitrogens is 2. The summed E-state index contributed by atoms with van der Waals surface area (Å²) in [5.74, 6) is 0.352. The van der Waals surface area contributed by atoms with E-state index in [1.807, 2.05) is 56.3 Å². The van der Waals surface area contributed by atoms with Gasteiger partial charge in [0.25, 0.3) is 0 Å². The van der Waals surface area contributed by atoms with Crippen LogP contribution < -0.4 is 16.4 Å². The molecule has 140 valence electrons. The van der Waals surface area contributed by atoms with Gasteiger partial charge >= 0.3 is 6.03 Å². The van der Waals surface area contributed by atoms with Crippen molar-refractivity contribution in [2.75, 3.05) is 11.1 Å². The molecule has 0 aliphatic rings. The molecule has 0 radical (unpaired) electrons. The fraction of sp³-hybridized carbons (Fsp3) is 0.200. The quantitative estimate of drug-likeness (QED) is 0.597. The first-order chi connectivity index (χ1) is 13.0. The van der Waals surface area contributed by atoms with E-state index in [9.17, 15) is 4.79 Å². The molecule has 3 rings (SSSR count). The Kier molecular flexibility index (Phi) is 5.66. The second-order valence-corrected chi connectivity index (χ2v) is 6.71. The summed E-state index contributed by atoms with van der Waals surface area (Å²) in [5, 5.41) is 11.0. The first kappa shape index (κ1) is 18.8. The Morgan fingerprint density at radius 3 is 2.48 bits per heavy atom. The molecule has 7 heteroatoms. The van der Waals surface area contributed by atoms with Crippen LogP contribution in [0.1, 0.15) is 20.3 Å². The molecular weight excluding hydrogens is 362 g/mol. The number of carbonyl (C=O) groups excluding carboxylic acids is 1. The minimum Gasteiger partial charge on any atom is -0.382 e. The number of nitrogens with zero attached hydrogens (tertiary/aromatic N) is 2. The van der Waals surface area contributed by atoms with Gasteiger partial charge in [-0.25, -0.2) is 9.48 Å². The van der Waals surface area contributed by atoms with Gasteiger partial charge in [0, 0.05) is 16.6 Å². The first-order valence-corrected chi connectivity index (χ1v) is 9.14. The molecule has 0 spiro atoms. The summed E-state index contributed by atoms with van der Waals surface area (Å²) in [6.45, 7) is 3.95. The fourth-order valence-electron chi connectivity index (χ4n) is 2.61. The molecule has 1 unspecified atom stereocenters. The maximum atomic E-state index is 12.4. The van der Waals surface area contributed by atoms with Crippen molar-refractivity contribution < 1.29 is 4.79 Å². The van der Waals surface area contributed by atoms with Crippen LogP contribution in [0.25, 0.3) is 16.9 Å². The second-order valence-electron chi connectivity index (χ2n) is 6.27. The van der Waals surface area contributed by atoms with Gasteiger partial charge in [-0.3, -0.25) is 0 Å². The Morgan fingerprint density at radius 2 is 1.85 bits per heavy atom. The Labute approximate surface area is 163 Å². The number of rotatable bonds is 5. The molecule has 0 fully saturated rings. The predicted octanol–water partition coefficient (Wildman–Crippen LogP) is 4.69. The fourth-order valence-corrected chi connectivity index (χ4v) is 2.73. The molecule has 0 bridgehead atoms. The molecular formula is C20H22ClN5O. The average Bonchev–Trinajstić information content (AvgIpc) is 2.99. The van der Waals surface area contributed by atoms with Gasteiger partial charge in [0.15, 0.2) is 5.82 Å². The third-order valence-electron chi connectivity index (χ3n) is 4.27. The van der Waals surface area contributed by atoms with Crippen LogP contribution in [0.2, 0.25) is 5.02 Å². The molecule has 2 aromatic carbocycles. The predicted molar refractivity (Wildman–Crippen MR) is 110 cm³/mol. The van der Waals surface area contributed by atoms with Crippen LogP contribution in [0.5, 0.6) is 0 Å². The van der Waals surface area contributed by atoms with Gasteiger partial charge in [0.2, 0.25) is 0 Å². The van der Waals surface area contributed by atoms with E-state index >= 15 is 0 Å². The van der Waals surface area contributed by atoms with Crippen LogP contribution in [0, 0.1) is 0 Å². The van der Waals surface area contributed by atoms with E-state index in [2.05, 4.69) is 15.7 Å². The number of urea groups is 1. The van der Waals surface area contributed by atoms with Crippen molar-refractivity contribution >= 4 is 29.1 Å². The van der Waals surface area contributed by atoms with Gasteiger partial charge in [-0.2, -0.15) is 5.10 Å². The van der Waals surface area contributed by atoms with Crippen molar-refractivity contribution in [1.82, 2.24) is 15.1 Å². The number of halogens is 1. The maximum absolute atomic E-state index is 12.4. The minimum atomic E-state index is -0.320. The molecule has 27 heavy (non-hydrogen) atoms. The molecule has 1 aromatic heterocycles. The highest BCUT2D eigenvalue weighted by molar-refractivity contribution is 6.30. The lowest BCUT2D eigenvalue weighted by Crippen LogP contribution is -2.35. The summed E-state index contributed by atoms with van der Waals surface area (Å²) in [5.41, 5.74) is 8.99. The molecule has 2 amide bonds. The van der Waals surface area contributed by atoms with E-state index in [0.717, 1.165) is 17.7 Å². The monoisotopic (exact) mass is 383 g/mol. The summed E-state index contributed by atoms with van der Waals surface area (Å²) in [7, 11) is 0. The van der Waals surface area contributed by atoms with Gasteiger partial charge in [-0.15, -0.1) is 0 Å². The summed E-state index contributed by atoms with van der Waals surface area (Å²) < 4.78 is 1.61. The van der Waals surface area contributed by atoms with Gasteiger partial charge in [-0.1, -0.05) is 48.9 Å². The third-order valence-corrected chi connectivity index (χ3v) is 4.52. The molecule has 3 aromatic rings. The summed E-state index contributed by atoms with van der Waals surface area (Å²) >= 11 is 6.00. The lowest BCUT2D eigenvalue weighted by atomic mass is 10.1. The van der Waals surface area contributed by atoms with Crippen molar-refractivity contribution in [3.63, 3.8) is 0 Å². The standard InChI is InChI=1S/C20H22ClN5O/c1-3-13(2)23-20(27)24-18-17(14-9-11-15(21)12-10-14)25-26(19(18)22)16-7-5-4-6-8-16/h4-13H,3,22H2,1-2H3,(H2,23,24,27). The van der Waals surface area contributed by atoms with Crippen molar-refractivity contribution in [1.29, 1.82) is 0 Å². The second kappa shape index (κ2) is 8.14. The number of amides is 2. The normalized spacial score (nSPS) is 11.8. The highest BCUT2D eigenvalue weighted by atomic mass is 35.5. The third kappa shape index (κ3) is 4.23. The number of carbonyl (C=O) groups is 1. The Balaban J connectivity index is 2.04. The SMILES string of the molecule is CCC(C)NC(=O)Nc1c(-c2ccc(Cl)cc2)nn(-c2ccccc2)c1N. The molecule has 0 aliphatic carbocycles. The zero-order valence-electron chi connectivity index (χ0n) is 15.2. The minimum absolute atomic E-state index is 0.0503. The average molecular weight is 384 g/mol. The lowest BCUT2D eigenvalue weighted by molar-refractivity contribution is 0.249. The molecule has 0 saturated carbocycles. The largest absolute Gasteiger partial charge is 0.382 e. The smallest absolute Gasteiger partial charge is 0.319 e. The Morgan fingerprint density at radius 1 is 1.19 bits per heavy atom. The summed E-state index contributed by atoms with van der Waals surface area (Å²) in [6.07, 6.45) is 0.830. The van der Waals surface area contributed by atoms with Crippen LogP contribution in [0.3, 0.4) is 0 Å². The first-order valence-electron chi connectivity index (χ1n) is 8.77. The zero-order chi connectivity index (χ0) is 19.4. The van der Waals surface area contributed by atoms with Gasteiger partial charge < -0.3 is 16.4 Å². The molecule has 0 saturated heterocycles. The van der Waals surface area contributed by atoms with E-state index < -0.39 is 0 Å². The Hall–Kier alpha value is -2.99. The topological polar surface area (TPSA) is 85.0 Å². The zero-order valence-corrected chi connectivity index (χ0v) is 16.0. The summed E-state index contributed by atoms with van der Waals surface area (Å²) in [6, 6.07) is 16.5. The highest BCUT2D eigenvalue weighted by Crippen LogP contribution is 2.34. The van der Waals surface area contributed by atoms with E-state index in [1.54, 1.807) is 16.8 Å². The van der Waals surface area contributed by atoms with Crippen LogP contribution in [-0.2, 0) is 0 Å². The van der Waals surface area contributed by atoms with E-state index in [4.69, 9.17) is 17.3 Å². The number of para-hydroxylation sites is 1. The number of nitrogen functional groups attached to an aromatic ring is 1. The maximum Gasteiger partial charge on any atom is 0.319 e. The molecule has 4 N–H and O–H groups in total. The number of hydrogen-bond donors (Lipinski definition) is 3. The number of anilines is 2. The van der Waals surface area contributed by atoms with Gasteiger partial charge in [0.1, 0.15) is 11.4 Å². The van der Waals surface area contributed by atoms with Crippen molar-refractivity contribution in [2.24, 2.45) is 0 Å². The lowest BCUT2D eigenvalue weighted by Gasteiger charge is -2.13. The molecule has 6 nitrogen and oxygen atoms in total. The Bertz CT molecular complexity index is 922. The van der Waals surface area contributed by atoms with Crippen molar-refractivity contribution in [3.8, 4) is 16.9 Å².